The minimum atomic E-state index is -0.552. The van der Waals surface area contributed by atoms with Crippen molar-refractivity contribution >= 4 is 12.4 Å². The van der Waals surface area contributed by atoms with Crippen molar-refractivity contribution in [3.63, 3.8) is 0 Å². The first-order valence-corrected chi connectivity index (χ1v) is 6.89. The Hall–Kier alpha value is -2.04. The minimum Gasteiger partial charge on any atom is -0.496 e. The minimum absolute atomic E-state index is 0.233. The highest BCUT2D eigenvalue weighted by Crippen LogP contribution is 2.20. The molecule has 0 heterocycles. The van der Waals surface area contributed by atoms with E-state index in [1.807, 2.05) is 24.3 Å². The fraction of sp³-hybridized carbons (Fsp3) is 0.500. The van der Waals surface area contributed by atoms with Crippen molar-refractivity contribution in [1.29, 1.82) is 0 Å². The molecule has 1 atom stereocenters. The van der Waals surface area contributed by atoms with E-state index in [2.05, 4.69) is 5.32 Å². The summed E-state index contributed by atoms with van der Waals surface area (Å²) in [7, 11) is 1.59. The summed E-state index contributed by atoms with van der Waals surface area (Å²) in [6, 6.07) is 7.51. The van der Waals surface area contributed by atoms with E-state index in [9.17, 15) is 9.59 Å². The summed E-state index contributed by atoms with van der Waals surface area (Å²) in [5, 5.41) is 2.61. The molecule has 5 heteroatoms. The van der Waals surface area contributed by atoms with E-state index in [1.54, 1.807) is 27.9 Å². The molecule has 1 rings (SSSR count). The van der Waals surface area contributed by atoms with Gasteiger partial charge in [-0.1, -0.05) is 18.2 Å². The number of para-hydroxylation sites is 1. The van der Waals surface area contributed by atoms with Crippen LogP contribution in [0.4, 0.5) is 4.79 Å². The van der Waals surface area contributed by atoms with Crippen molar-refractivity contribution in [2.75, 3.05) is 13.7 Å². The van der Waals surface area contributed by atoms with Crippen LogP contribution in [0.15, 0.2) is 24.3 Å². The fourth-order valence-corrected chi connectivity index (χ4v) is 1.85. The third-order valence-corrected chi connectivity index (χ3v) is 2.77. The molecule has 0 radical (unpaired) electrons. The number of hydrogen-bond donors (Lipinski definition) is 1. The Morgan fingerprint density at radius 3 is 2.57 bits per heavy atom. The molecule has 1 amide bonds. The van der Waals surface area contributed by atoms with Gasteiger partial charge in [-0.25, -0.2) is 4.79 Å². The lowest BCUT2D eigenvalue weighted by molar-refractivity contribution is -0.110. The molecule has 0 saturated carbocycles. The lowest BCUT2D eigenvalue weighted by atomic mass is 10.00. The zero-order valence-electron chi connectivity index (χ0n) is 13.0. The number of methoxy groups -OCH3 is 1. The Kier molecular flexibility index (Phi) is 6.21. The Bertz CT molecular complexity index is 479. The smallest absolute Gasteiger partial charge is 0.407 e. The quantitative estimate of drug-likeness (QED) is 0.819. The maximum Gasteiger partial charge on any atom is 0.407 e. The van der Waals surface area contributed by atoms with Gasteiger partial charge < -0.3 is 19.6 Å². The third kappa shape index (κ3) is 6.29. The summed E-state index contributed by atoms with van der Waals surface area (Å²) in [5.41, 5.74) is 0.381. The average molecular weight is 293 g/mol. The zero-order chi connectivity index (χ0) is 15.9. The summed E-state index contributed by atoms with van der Waals surface area (Å²) in [6.07, 6.45) is 0.821. The molecule has 1 N–H and O–H groups in total. The molecule has 1 aromatic rings. The molecule has 0 saturated heterocycles. The highest BCUT2D eigenvalue weighted by atomic mass is 16.6. The number of ether oxygens (including phenoxy) is 2. The number of benzene rings is 1. The highest BCUT2D eigenvalue weighted by Gasteiger charge is 2.18. The van der Waals surface area contributed by atoms with Gasteiger partial charge in [-0.05, 0) is 38.8 Å². The second-order valence-corrected chi connectivity index (χ2v) is 5.79. The number of rotatable bonds is 6. The summed E-state index contributed by atoms with van der Waals surface area (Å²) >= 11 is 0. The molecule has 0 aliphatic carbocycles. The Morgan fingerprint density at radius 2 is 2.00 bits per heavy atom. The molecule has 1 aromatic carbocycles. The lowest BCUT2D eigenvalue weighted by Crippen LogP contribution is -2.36. The van der Waals surface area contributed by atoms with Crippen LogP contribution < -0.4 is 10.1 Å². The second-order valence-electron chi connectivity index (χ2n) is 5.79. The van der Waals surface area contributed by atoms with Gasteiger partial charge >= 0.3 is 6.09 Å². The van der Waals surface area contributed by atoms with Gasteiger partial charge in [-0.15, -0.1) is 0 Å². The normalized spacial score (nSPS) is 12.4. The first-order valence-electron chi connectivity index (χ1n) is 6.89. The van der Waals surface area contributed by atoms with Gasteiger partial charge in [-0.3, -0.25) is 0 Å². The maximum absolute atomic E-state index is 11.6. The molecule has 21 heavy (non-hydrogen) atoms. The van der Waals surface area contributed by atoms with Crippen molar-refractivity contribution in [3.8, 4) is 5.75 Å². The molecule has 0 aliphatic rings. The Morgan fingerprint density at radius 1 is 1.33 bits per heavy atom. The maximum atomic E-state index is 11.6. The monoisotopic (exact) mass is 293 g/mol. The van der Waals surface area contributed by atoms with Gasteiger partial charge in [0.15, 0.2) is 0 Å². The first kappa shape index (κ1) is 17.0. The Labute approximate surface area is 125 Å². The molecule has 0 aromatic heterocycles. The lowest BCUT2D eigenvalue weighted by Gasteiger charge is -2.20. The van der Waals surface area contributed by atoms with E-state index in [-0.39, 0.29) is 12.5 Å². The van der Waals surface area contributed by atoms with E-state index in [0.29, 0.717) is 6.42 Å². The number of hydrogen-bond acceptors (Lipinski definition) is 4. The van der Waals surface area contributed by atoms with Gasteiger partial charge in [0.05, 0.1) is 7.11 Å². The number of aldehydes is 1. The number of amides is 1. The van der Waals surface area contributed by atoms with Crippen LogP contribution in [0.1, 0.15) is 26.3 Å². The van der Waals surface area contributed by atoms with Crippen molar-refractivity contribution in [2.24, 2.45) is 5.92 Å². The van der Waals surface area contributed by atoms with Crippen LogP contribution in [0.25, 0.3) is 0 Å². The third-order valence-electron chi connectivity index (χ3n) is 2.77. The number of alkyl carbamates (subject to hydrolysis) is 1. The first-order chi connectivity index (χ1) is 9.85. The molecule has 116 valence electrons. The van der Waals surface area contributed by atoms with E-state index in [0.717, 1.165) is 17.6 Å². The van der Waals surface area contributed by atoms with Crippen LogP contribution in [-0.2, 0) is 16.0 Å². The summed E-state index contributed by atoms with van der Waals surface area (Å²) in [4.78, 5) is 22.8. The highest BCUT2D eigenvalue weighted by molar-refractivity contribution is 5.68. The molecule has 0 fully saturated rings. The SMILES string of the molecule is COc1ccccc1CC(C=O)CNC(=O)OC(C)(C)C. The largest absolute Gasteiger partial charge is 0.496 e. The van der Waals surface area contributed by atoms with E-state index < -0.39 is 11.7 Å². The predicted octanol–water partition coefficient (Wildman–Crippen LogP) is 2.58. The fourth-order valence-electron chi connectivity index (χ4n) is 1.85. The summed E-state index contributed by atoms with van der Waals surface area (Å²) in [5.74, 6) is 0.412. The van der Waals surface area contributed by atoms with E-state index in [4.69, 9.17) is 9.47 Å². The van der Waals surface area contributed by atoms with Gasteiger partial charge in [0, 0.05) is 12.5 Å². The predicted molar refractivity (Wildman–Crippen MR) is 80.5 cm³/mol. The van der Waals surface area contributed by atoms with Crippen LogP contribution in [-0.4, -0.2) is 31.6 Å². The molecule has 0 spiro atoms. The molecule has 5 nitrogen and oxygen atoms in total. The van der Waals surface area contributed by atoms with Crippen LogP contribution >= 0.6 is 0 Å². The number of nitrogens with one attached hydrogen (secondary N) is 1. The molecule has 0 aliphatic heterocycles. The second kappa shape index (κ2) is 7.67. The van der Waals surface area contributed by atoms with E-state index >= 15 is 0 Å². The van der Waals surface area contributed by atoms with Crippen molar-refractivity contribution in [3.05, 3.63) is 29.8 Å². The number of carbonyl (C=O) groups is 2. The average Bonchev–Trinajstić information content (AvgIpc) is 2.42. The van der Waals surface area contributed by atoms with Gasteiger partial charge in [0.2, 0.25) is 0 Å². The van der Waals surface area contributed by atoms with Crippen LogP contribution in [0.3, 0.4) is 0 Å². The standard InChI is InChI=1S/C16H23NO4/c1-16(2,3)21-15(19)17-10-12(11-18)9-13-7-5-6-8-14(13)20-4/h5-8,11-12H,9-10H2,1-4H3,(H,17,19). The topological polar surface area (TPSA) is 64.6 Å². The molecular formula is C16H23NO4. The molecular weight excluding hydrogens is 270 g/mol. The Balaban J connectivity index is 2.56. The van der Waals surface area contributed by atoms with Gasteiger partial charge in [0.1, 0.15) is 17.6 Å². The van der Waals surface area contributed by atoms with Gasteiger partial charge in [-0.2, -0.15) is 0 Å². The van der Waals surface area contributed by atoms with Crippen molar-refractivity contribution < 1.29 is 19.1 Å². The zero-order valence-corrected chi connectivity index (χ0v) is 13.0. The van der Waals surface area contributed by atoms with Gasteiger partial charge in [0.25, 0.3) is 0 Å². The van der Waals surface area contributed by atoms with E-state index in [1.165, 1.54) is 0 Å². The molecule has 0 bridgehead atoms. The van der Waals surface area contributed by atoms with Crippen LogP contribution in [0.5, 0.6) is 5.75 Å². The van der Waals surface area contributed by atoms with Crippen molar-refractivity contribution in [1.82, 2.24) is 5.32 Å². The van der Waals surface area contributed by atoms with Crippen molar-refractivity contribution in [2.45, 2.75) is 32.8 Å². The van der Waals surface area contributed by atoms with Crippen LogP contribution in [0.2, 0.25) is 0 Å². The van der Waals surface area contributed by atoms with Crippen LogP contribution in [0, 0.1) is 5.92 Å². The summed E-state index contributed by atoms with van der Waals surface area (Å²) in [6.45, 7) is 5.60. The number of carbonyl (C=O) groups excluding carboxylic acids is 2. The summed E-state index contributed by atoms with van der Waals surface area (Å²) < 4.78 is 10.4. The molecule has 1 unspecified atom stereocenters.